The molecule has 1 aliphatic heterocycles. The summed E-state index contributed by atoms with van der Waals surface area (Å²) in [4.78, 5) is 0. The smallest absolute Gasteiger partial charge is 0.254 e. The molecule has 0 aromatic rings. The highest BCUT2D eigenvalue weighted by Gasteiger charge is 2.59. The lowest BCUT2D eigenvalue weighted by Gasteiger charge is -2.23. The molecule has 2 fully saturated rings. The second kappa shape index (κ2) is 1.93. The van der Waals surface area contributed by atoms with E-state index < -0.39 is 17.4 Å². The maximum atomic E-state index is 13.0. The highest BCUT2D eigenvalue weighted by Crippen LogP contribution is 2.47. The number of hydrogen-bond acceptors (Lipinski definition) is 1. The third kappa shape index (κ3) is 0.891. The maximum Gasteiger partial charge on any atom is 0.254 e. The average molecular weight is 161 g/mol. The van der Waals surface area contributed by atoms with Crippen LogP contribution < -0.4 is 11.1 Å². The number of hydrogen-bond donors (Lipinski definition) is 1. The fourth-order valence-corrected chi connectivity index (χ4v) is 2.07. The van der Waals surface area contributed by atoms with E-state index in [0.717, 1.165) is 0 Å². The van der Waals surface area contributed by atoms with Gasteiger partial charge in [0.1, 0.15) is 0 Å². The highest BCUT2D eigenvalue weighted by molar-refractivity contribution is 5.10. The van der Waals surface area contributed by atoms with Gasteiger partial charge in [-0.2, -0.15) is 0 Å². The molecule has 1 saturated carbocycles. The van der Waals surface area contributed by atoms with Gasteiger partial charge in [-0.3, -0.25) is 0 Å². The zero-order valence-electron chi connectivity index (χ0n) is 6.19. The number of rotatable bonds is 0. The zero-order chi connectivity index (χ0) is 8.11. The Morgan fingerprint density at radius 2 is 2.09 bits per heavy atom. The minimum atomic E-state index is -2.56. The van der Waals surface area contributed by atoms with Crippen LogP contribution in [0, 0.1) is 5.92 Å². The number of fused-ring (bicyclic) bond motifs is 1. The van der Waals surface area contributed by atoms with Gasteiger partial charge < -0.3 is 5.73 Å². The predicted molar refractivity (Wildman–Crippen MR) is 36.5 cm³/mol. The molecule has 1 heterocycles. The van der Waals surface area contributed by atoms with E-state index in [9.17, 15) is 8.78 Å². The van der Waals surface area contributed by atoms with Gasteiger partial charge in [0, 0.05) is 25.0 Å². The van der Waals surface area contributed by atoms with Crippen LogP contribution in [0.3, 0.4) is 0 Å². The third-order valence-corrected chi connectivity index (χ3v) is 2.85. The van der Waals surface area contributed by atoms with Crippen molar-refractivity contribution in [2.24, 2.45) is 11.7 Å². The van der Waals surface area contributed by atoms with E-state index in [2.05, 4.69) is 5.32 Å². The Labute approximate surface area is 64.1 Å². The summed E-state index contributed by atoms with van der Waals surface area (Å²) in [5.74, 6) is -3.25. The van der Waals surface area contributed by atoms with E-state index in [1.807, 2.05) is 0 Å². The van der Waals surface area contributed by atoms with E-state index in [-0.39, 0.29) is 13.0 Å². The Morgan fingerprint density at radius 3 is 2.73 bits per heavy atom. The van der Waals surface area contributed by atoms with E-state index in [1.54, 1.807) is 0 Å². The lowest BCUT2D eigenvalue weighted by atomic mass is 9.91. The van der Waals surface area contributed by atoms with Crippen molar-refractivity contribution in [2.45, 2.75) is 24.3 Å². The normalized spacial score (nSPS) is 47.7. The Morgan fingerprint density at radius 1 is 1.36 bits per heavy atom. The van der Waals surface area contributed by atoms with Gasteiger partial charge in [-0.15, -0.1) is 0 Å². The van der Waals surface area contributed by atoms with Crippen LogP contribution in [-0.4, -0.2) is 24.6 Å². The molecule has 2 N–H and O–H groups in total. The standard InChI is InChI=1S/C7H11F2N2/c8-7(9)2-1-6(10)4-11-3-5(6)7/h5H,1-4,10H2/t5-,6-/m1/s1. The van der Waals surface area contributed by atoms with Crippen LogP contribution in [0.5, 0.6) is 0 Å². The number of nitrogens with zero attached hydrogens (tertiary/aromatic N) is 1. The van der Waals surface area contributed by atoms with Crippen LogP contribution in [0.25, 0.3) is 0 Å². The maximum absolute atomic E-state index is 13.0. The van der Waals surface area contributed by atoms with Gasteiger partial charge in [0.25, 0.3) is 5.92 Å². The first-order valence-corrected chi connectivity index (χ1v) is 3.85. The predicted octanol–water partition coefficient (Wildman–Crippen LogP) is 0.347. The summed E-state index contributed by atoms with van der Waals surface area (Å²) in [6.45, 7) is 0.677. The molecule has 1 saturated heterocycles. The van der Waals surface area contributed by atoms with Crippen molar-refractivity contribution in [3.63, 3.8) is 0 Å². The molecule has 0 unspecified atom stereocenters. The lowest BCUT2D eigenvalue weighted by Crippen LogP contribution is -2.46. The molecule has 0 amide bonds. The molecule has 2 atom stereocenters. The molecule has 2 aliphatic rings. The van der Waals surface area contributed by atoms with Gasteiger partial charge in [-0.05, 0) is 6.42 Å². The van der Waals surface area contributed by atoms with E-state index >= 15 is 0 Å². The van der Waals surface area contributed by atoms with E-state index in [1.165, 1.54) is 0 Å². The van der Waals surface area contributed by atoms with Crippen molar-refractivity contribution in [1.82, 2.24) is 5.32 Å². The van der Waals surface area contributed by atoms with Gasteiger partial charge in [0.05, 0.1) is 5.92 Å². The van der Waals surface area contributed by atoms with Crippen LogP contribution in [0.1, 0.15) is 12.8 Å². The van der Waals surface area contributed by atoms with Crippen LogP contribution in [0.4, 0.5) is 8.78 Å². The van der Waals surface area contributed by atoms with Gasteiger partial charge in [0.2, 0.25) is 0 Å². The van der Waals surface area contributed by atoms with Crippen LogP contribution >= 0.6 is 0 Å². The minimum absolute atomic E-state index is 0.0519. The van der Waals surface area contributed by atoms with Crippen LogP contribution in [-0.2, 0) is 0 Å². The Balaban J connectivity index is 2.26. The molecule has 0 aromatic heterocycles. The fraction of sp³-hybridized carbons (Fsp3) is 1.00. The van der Waals surface area contributed by atoms with Crippen molar-refractivity contribution >= 4 is 0 Å². The average Bonchev–Trinajstić information content (AvgIpc) is 2.36. The summed E-state index contributed by atoms with van der Waals surface area (Å²) in [5.41, 5.74) is 5.09. The molecule has 4 heteroatoms. The number of halogens is 2. The van der Waals surface area contributed by atoms with Crippen molar-refractivity contribution < 1.29 is 8.78 Å². The van der Waals surface area contributed by atoms with E-state index in [0.29, 0.717) is 13.0 Å². The second-order valence-corrected chi connectivity index (χ2v) is 3.61. The summed E-state index contributed by atoms with van der Waals surface area (Å²) < 4.78 is 26.0. The second-order valence-electron chi connectivity index (χ2n) is 3.61. The van der Waals surface area contributed by atoms with Crippen LogP contribution in [0.2, 0.25) is 0 Å². The minimum Gasteiger partial charge on any atom is -0.323 e. The van der Waals surface area contributed by atoms with Crippen molar-refractivity contribution in [1.29, 1.82) is 0 Å². The molecule has 63 valence electrons. The quantitative estimate of drug-likeness (QED) is 0.547. The molecule has 1 aliphatic carbocycles. The topological polar surface area (TPSA) is 40.1 Å². The zero-order valence-corrected chi connectivity index (χ0v) is 6.19. The first-order valence-electron chi connectivity index (χ1n) is 3.85. The molecular formula is C7H11F2N2. The number of alkyl halides is 2. The summed E-state index contributed by atoms with van der Waals surface area (Å²) in [6.07, 6.45) is 0.373. The molecule has 2 nitrogen and oxygen atoms in total. The summed E-state index contributed by atoms with van der Waals surface area (Å²) in [7, 11) is 0. The van der Waals surface area contributed by atoms with Crippen molar-refractivity contribution in [2.75, 3.05) is 13.1 Å². The van der Waals surface area contributed by atoms with Gasteiger partial charge in [0.15, 0.2) is 0 Å². The Hall–Kier alpha value is -0.220. The number of nitrogens with two attached hydrogens (primary N) is 1. The third-order valence-electron chi connectivity index (χ3n) is 2.85. The summed E-state index contributed by atoms with van der Waals surface area (Å²) >= 11 is 0. The van der Waals surface area contributed by atoms with Gasteiger partial charge in [-0.25, -0.2) is 14.1 Å². The molecule has 0 aromatic carbocycles. The Kier molecular flexibility index (Phi) is 1.30. The van der Waals surface area contributed by atoms with Gasteiger partial charge >= 0.3 is 0 Å². The molecule has 11 heavy (non-hydrogen) atoms. The summed E-state index contributed by atoms with van der Waals surface area (Å²) in [5, 5.41) is 3.93. The largest absolute Gasteiger partial charge is 0.323 e. The first kappa shape index (κ1) is 7.43. The van der Waals surface area contributed by atoms with Crippen LogP contribution in [0.15, 0.2) is 0 Å². The molecule has 0 spiro atoms. The molecular weight excluding hydrogens is 150 g/mol. The fourth-order valence-electron chi connectivity index (χ4n) is 2.07. The van der Waals surface area contributed by atoms with Crippen molar-refractivity contribution in [3.05, 3.63) is 0 Å². The Bertz CT molecular complexity index is 183. The first-order chi connectivity index (χ1) is 5.05. The highest BCUT2D eigenvalue weighted by atomic mass is 19.3. The van der Waals surface area contributed by atoms with Crippen molar-refractivity contribution in [3.8, 4) is 0 Å². The van der Waals surface area contributed by atoms with Gasteiger partial charge in [-0.1, -0.05) is 0 Å². The molecule has 0 bridgehead atoms. The SMILES string of the molecule is N[C@@]12CCC(F)(F)[C@@H]1C[N]C2. The lowest BCUT2D eigenvalue weighted by molar-refractivity contribution is -0.0384. The summed E-state index contributed by atoms with van der Waals surface area (Å²) in [6, 6.07) is 0. The molecule has 2 rings (SSSR count). The van der Waals surface area contributed by atoms with E-state index in [4.69, 9.17) is 5.73 Å². The molecule has 1 radical (unpaired) electrons. The monoisotopic (exact) mass is 161 g/mol.